The molecule has 5 rings (SSSR count). The van der Waals surface area contributed by atoms with Crippen molar-refractivity contribution in [3.63, 3.8) is 0 Å². The summed E-state index contributed by atoms with van der Waals surface area (Å²) >= 11 is 0. The van der Waals surface area contributed by atoms with Crippen LogP contribution in [0.4, 0.5) is 11.5 Å². The van der Waals surface area contributed by atoms with Gasteiger partial charge in [0.25, 0.3) is 0 Å². The molecule has 1 aliphatic heterocycles. The first-order valence-electron chi connectivity index (χ1n) is 9.86. The number of para-hydroxylation sites is 1. The number of benzene rings is 2. The molecule has 0 aliphatic carbocycles. The predicted molar refractivity (Wildman–Crippen MR) is 115 cm³/mol. The van der Waals surface area contributed by atoms with Gasteiger partial charge in [0.1, 0.15) is 5.82 Å². The first-order valence-corrected chi connectivity index (χ1v) is 9.86. The molecule has 4 aromatic rings. The number of hydrogen-bond acceptors (Lipinski definition) is 5. The van der Waals surface area contributed by atoms with Crippen LogP contribution in [-0.4, -0.2) is 45.9 Å². The van der Waals surface area contributed by atoms with Crippen molar-refractivity contribution < 1.29 is 0 Å². The summed E-state index contributed by atoms with van der Waals surface area (Å²) in [4.78, 5) is 14.4. The lowest BCUT2D eigenvalue weighted by Gasteiger charge is -2.36. The Morgan fingerprint density at radius 3 is 2.00 bits per heavy atom. The SMILES string of the molecule is c1ccc(-c2nc(N3CCN(c4ccccc4)CC3)cc(-n3cccn3)n2)cc1. The second-order valence-corrected chi connectivity index (χ2v) is 7.03. The number of rotatable bonds is 4. The fourth-order valence-corrected chi connectivity index (χ4v) is 3.65. The lowest BCUT2D eigenvalue weighted by molar-refractivity contribution is 0.646. The second-order valence-electron chi connectivity index (χ2n) is 7.03. The fraction of sp³-hybridized carbons (Fsp3) is 0.174. The molecule has 0 bridgehead atoms. The highest BCUT2D eigenvalue weighted by Gasteiger charge is 2.20. The Labute approximate surface area is 170 Å². The zero-order valence-electron chi connectivity index (χ0n) is 16.1. The minimum absolute atomic E-state index is 0.721. The number of hydrogen-bond donors (Lipinski definition) is 0. The molecule has 6 heteroatoms. The highest BCUT2D eigenvalue weighted by Crippen LogP contribution is 2.24. The first kappa shape index (κ1) is 17.4. The van der Waals surface area contributed by atoms with Crippen LogP contribution in [0.5, 0.6) is 0 Å². The van der Waals surface area contributed by atoms with Crippen LogP contribution in [0.1, 0.15) is 0 Å². The molecule has 1 fully saturated rings. The Bertz CT molecular complexity index is 1060. The van der Waals surface area contributed by atoms with Gasteiger partial charge in [-0.3, -0.25) is 0 Å². The zero-order valence-corrected chi connectivity index (χ0v) is 16.1. The summed E-state index contributed by atoms with van der Waals surface area (Å²) in [5.41, 5.74) is 2.28. The quantitative estimate of drug-likeness (QED) is 0.539. The van der Waals surface area contributed by atoms with Crippen LogP contribution in [-0.2, 0) is 0 Å². The molecule has 2 aromatic carbocycles. The van der Waals surface area contributed by atoms with E-state index in [1.54, 1.807) is 10.9 Å². The molecule has 2 aromatic heterocycles. The van der Waals surface area contributed by atoms with E-state index in [1.807, 2.05) is 48.7 Å². The second kappa shape index (κ2) is 7.75. The number of aromatic nitrogens is 4. The molecule has 0 amide bonds. The van der Waals surface area contributed by atoms with Gasteiger partial charge < -0.3 is 9.80 Å². The molecule has 6 nitrogen and oxygen atoms in total. The Morgan fingerprint density at radius 1 is 0.655 bits per heavy atom. The van der Waals surface area contributed by atoms with E-state index < -0.39 is 0 Å². The van der Waals surface area contributed by atoms with Crippen molar-refractivity contribution in [2.45, 2.75) is 0 Å². The molecule has 144 valence electrons. The van der Waals surface area contributed by atoms with E-state index in [9.17, 15) is 0 Å². The van der Waals surface area contributed by atoms with Crippen LogP contribution >= 0.6 is 0 Å². The summed E-state index contributed by atoms with van der Waals surface area (Å²) < 4.78 is 1.79. The minimum Gasteiger partial charge on any atom is -0.368 e. The monoisotopic (exact) mass is 382 g/mol. The van der Waals surface area contributed by atoms with E-state index in [1.165, 1.54) is 5.69 Å². The normalized spacial score (nSPS) is 14.2. The summed E-state index contributed by atoms with van der Waals surface area (Å²) in [6.45, 7) is 3.76. The van der Waals surface area contributed by atoms with Crippen molar-refractivity contribution in [1.82, 2.24) is 19.7 Å². The van der Waals surface area contributed by atoms with Crippen molar-refractivity contribution in [3.8, 4) is 17.2 Å². The van der Waals surface area contributed by atoms with Gasteiger partial charge in [-0.25, -0.2) is 14.6 Å². The third kappa shape index (κ3) is 3.69. The minimum atomic E-state index is 0.721. The Hall–Kier alpha value is -3.67. The van der Waals surface area contributed by atoms with Gasteiger partial charge in [-0.15, -0.1) is 0 Å². The lowest BCUT2D eigenvalue weighted by atomic mass is 10.2. The van der Waals surface area contributed by atoms with E-state index >= 15 is 0 Å². The Morgan fingerprint density at radius 2 is 1.31 bits per heavy atom. The van der Waals surface area contributed by atoms with Crippen molar-refractivity contribution in [2.24, 2.45) is 0 Å². The third-order valence-electron chi connectivity index (χ3n) is 5.20. The summed E-state index contributed by atoms with van der Waals surface area (Å²) in [5, 5.41) is 4.36. The zero-order chi connectivity index (χ0) is 19.5. The Balaban J connectivity index is 1.44. The molecule has 29 heavy (non-hydrogen) atoms. The molecular weight excluding hydrogens is 360 g/mol. The van der Waals surface area contributed by atoms with Gasteiger partial charge in [0, 0.05) is 55.9 Å². The summed E-state index contributed by atoms with van der Waals surface area (Å²) in [5.74, 6) is 2.44. The summed E-state index contributed by atoms with van der Waals surface area (Å²) in [6, 6.07) is 24.6. The van der Waals surface area contributed by atoms with Crippen LogP contribution in [0.3, 0.4) is 0 Å². The van der Waals surface area contributed by atoms with E-state index in [0.717, 1.165) is 49.2 Å². The topological polar surface area (TPSA) is 50.1 Å². The van der Waals surface area contributed by atoms with Crippen molar-refractivity contribution >= 4 is 11.5 Å². The standard InChI is InChI=1S/C23H22N6/c1-3-8-19(9-4-1)23-25-21(18-22(26-23)29-13-7-12-24-29)28-16-14-27(15-17-28)20-10-5-2-6-11-20/h1-13,18H,14-17H2. The maximum atomic E-state index is 4.89. The van der Waals surface area contributed by atoms with Crippen molar-refractivity contribution in [1.29, 1.82) is 0 Å². The molecular formula is C23H22N6. The maximum Gasteiger partial charge on any atom is 0.163 e. The van der Waals surface area contributed by atoms with Crippen LogP contribution in [0.25, 0.3) is 17.2 Å². The predicted octanol–water partition coefficient (Wildman–Crippen LogP) is 3.66. The van der Waals surface area contributed by atoms with Gasteiger partial charge in [0.05, 0.1) is 0 Å². The largest absolute Gasteiger partial charge is 0.368 e. The van der Waals surface area contributed by atoms with Crippen LogP contribution in [0.15, 0.2) is 85.2 Å². The lowest BCUT2D eigenvalue weighted by Crippen LogP contribution is -2.46. The van der Waals surface area contributed by atoms with E-state index in [-0.39, 0.29) is 0 Å². The summed E-state index contributed by atoms with van der Waals surface area (Å²) in [6.07, 6.45) is 3.68. The van der Waals surface area contributed by atoms with E-state index in [2.05, 4.69) is 45.2 Å². The Kier molecular flexibility index (Phi) is 4.66. The molecule has 0 saturated carbocycles. The average molecular weight is 382 g/mol. The number of nitrogens with zero attached hydrogens (tertiary/aromatic N) is 6. The van der Waals surface area contributed by atoms with Gasteiger partial charge >= 0.3 is 0 Å². The van der Waals surface area contributed by atoms with Crippen LogP contribution < -0.4 is 9.80 Å². The fourth-order valence-electron chi connectivity index (χ4n) is 3.65. The number of piperazine rings is 1. The van der Waals surface area contributed by atoms with Gasteiger partial charge in [-0.2, -0.15) is 5.10 Å². The molecule has 0 unspecified atom stereocenters. The highest BCUT2D eigenvalue weighted by molar-refractivity contribution is 5.60. The molecule has 0 N–H and O–H groups in total. The first-order chi connectivity index (χ1) is 14.4. The van der Waals surface area contributed by atoms with Crippen LogP contribution in [0, 0.1) is 0 Å². The van der Waals surface area contributed by atoms with Gasteiger partial charge in [-0.05, 0) is 18.2 Å². The maximum absolute atomic E-state index is 4.89. The molecule has 3 heterocycles. The van der Waals surface area contributed by atoms with E-state index in [0.29, 0.717) is 0 Å². The molecule has 1 saturated heterocycles. The van der Waals surface area contributed by atoms with Crippen molar-refractivity contribution in [3.05, 3.63) is 85.2 Å². The van der Waals surface area contributed by atoms with Crippen LogP contribution in [0.2, 0.25) is 0 Å². The van der Waals surface area contributed by atoms with Crippen molar-refractivity contribution in [2.75, 3.05) is 36.0 Å². The van der Waals surface area contributed by atoms with Gasteiger partial charge in [-0.1, -0.05) is 48.5 Å². The van der Waals surface area contributed by atoms with E-state index in [4.69, 9.17) is 9.97 Å². The smallest absolute Gasteiger partial charge is 0.163 e. The molecule has 0 atom stereocenters. The molecule has 0 radical (unpaired) electrons. The average Bonchev–Trinajstić information content (AvgIpc) is 3.35. The molecule has 1 aliphatic rings. The van der Waals surface area contributed by atoms with Gasteiger partial charge in [0.15, 0.2) is 11.6 Å². The third-order valence-corrected chi connectivity index (χ3v) is 5.20. The number of anilines is 2. The highest BCUT2D eigenvalue weighted by atomic mass is 15.3. The molecule has 0 spiro atoms. The van der Waals surface area contributed by atoms with Gasteiger partial charge in [0.2, 0.25) is 0 Å². The summed E-state index contributed by atoms with van der Waals surface area (Å²) in [7, 11) is 0.